The minimum atomic E-state index is -2.41. The zero-order valence-electron chi connectivity index (χ0n) is 6.68. The molecule has 0 aromatic rings. The summed E-state index contributed by atoms with van der Waals surface area (Å²) in [7, 11) is 1.49. The van der Waals surface area contributed by atoms with Gasteiger partial charge in [-0.1, -0.05) is 0 Å². The van der Waals surface area contributed by atoms with Crippen LogP contribution in [0.15, 0.2) is 0 Å². The Kier molecular flexibility index (Phi) is 2.32. The summed E-state index contributed by atoms with van der Waals surface area (Å²) in [5, 5.41) is 11.3. The molecule has 0 saturated heterocycles. The van der Waals surface area contributed by atoms with E-state index in [1.165, 1.54) is 7.05 Å². The zero-order chi connectivity index (χ0) is 9.35. The van der Waals surface area contributed by atoms with E-state index in [2.05, 4.69) is 5.32 Å². The van der Waals surface area contributed by atoms with Gasteiger partial charge in [0.2, 0.25) is 6.43 Å². The third kappa shape index (κ3) is 1.41. The summed E-state index contributed by atoms with van der Waals surface area (Å²) in [4.78, 5) is 10.6. The maximum Gasteiger partial charge on any atom is 0.324 e. The summed E-state index contributed by atoms with van der Waals surface area (Å²) in [6, 6.07) is 0. The first-order chi connectivity index (χ1) is 5.53. The Morgan fingerprint density at radius 3 is 2.67 bits per heavy atom. The molecule has 0 bridgehead atoms. The highest BCUT2D eigenvalue weighted by Crippen LogP contribution is 2.46. The molecule has 3 nitrogen and oxygen atoms in total. The fraction of sp³-hybridized carbons (Fsp3) is 0.857. The largest absolute Gasteiger partial charge is 0.480 e. The van der Waals surface area contributed by atoms with Gasteiger partial charge in [0.15, 0.2) is 0 Å². The lowest BCUT2D eigenvalue weighted by Gasteiger charge is -2.09. The molecule has 0 heterocycles. The summed E-state index contributed by atoms with van der Waals surface area (Å²) >= 11 is 0. The molecule has 1 aliphatic rings. The zero-order valence-corrected chi connectivity index (χ0v) is 6.68. The molecule has 0 unspecified atom stereocenters. The summed E-state index contributed by atoms with van der Waals surface area (Å²) in [6.07, 6.45) is -2.43. The number of carboxylic acids is 1. The molecule has 1 aliphatic carbocycles. The van der Waals surface area contributed by atoms with Crippen molar-refractivity contribution >= 4 is 5.97 Å². The number of aliphatic carboxylic acids is 1. The highest BCUT2D eigenvalue weighted by molar-refractivity contribution is 5.83. The van der Waals surface area contributed by atoms with Gasteiger partial charge in [-0.15, -0.1) is 0 Å². The van der Waals surface area contributed by atoms with Gasteiger partial charge in [0.05, 0.1) is 0 Å². The van der Waals surface area contributed by atoms with E-state index in [4.69, 9.17) is 5.11 Å². The van der Waals surface area contributed by atoms with Gasteiger partial charge in [-0.2, -0.15) is 0 Å². The van der Waals surface area contributed by atoms with Crippen molar-refractivity contribution in [2.75, 3.05) is 7.05 Å². The van der Waals surface area contributed by atoms with Crippen LogP contribution in [0.25, 0.3) is 0 Å². The van der Waals surface area contributed by atoms with Crippen molar-refractivity contribution < 1.29 is 18.7 Å². The van der Waals surface area contributed by atoms with E-state index in [-0.39, 0.29) is 6.42 Å². The molecule has 1 saturated carbocycles. The normalized spacial score (nSPS) is 33.8. The molecule has 0 radical (unpaired) electrons. The van der Waals surface area contributed by atoms with Crippen LogP contribution in [0.4, 0.5) is 8.78 Å². The van der Waals surface area contributed by atoms with Crippen LogP contribution in [0.2, 0.25) is 0 Å². The number of nitrogens with one attached hydrogen (secondary N) is 1. The van der Waals surface area contributed by atoms with Crippen molar-refractivity contribution in [3.05, 3.63) is 0 Å². The predicted octanol–water partition coefficient (Wildman–Crippen LogP) is 0.704. The van der Waals surface area contributed by atoms with E-state index in [9.17, 15) is 13.6 Å². The molecule has 1 rings (SSSR count). The van der Waals surface area contributed by atoms with E-state index in [1.54, 1.807) is 0 Å². The lowest BCUT2D eigenvalue weighted by molar-refractivity contribution is -0.141. The number of hydrogen-bond acceptors (Lipinski definition) is 2. The Morgan fingerprint density at radius 2 is 2.42 bits per heavy atom. The molecule has 70 valence electrons. The Hall–Kier alpha value is -0.710. The van der Waals surface area contributed by atoms with Gasteiger partial charge in [0.1, 0.15) is 5.54 Å². The number of rotatable bonds is 4. The third-order valence-corrected chi connectivity index (χ3v) is 2.40. The van der Waals surface area contributed by atoms with Gasteiger partial charge in [0.25, 0.3) is 0 Å². The molecular weight excluding hydrogens is 168 g/mol. The SMILES string of the molecule is CN[C@]1(C(=O)O)C[C@H]1CC(F)F. The van der Waals surface area contributed by atoms with Gasteiger partial charge in [-0.3, -0.25) is 4.79 Å². The standard InChI is InChI=1S/C7H11F2NO2/c1-10-7(6(11)12)3-4(7)2-5(8)9/h4-5,10H,2-3H2,1H3,(H,11,12)/t4-,7-/m1/s1. The number of hydrogen-bond donors (Lipinski definition) is 2. The summed E-state index contributed by atoms with van der Waals surface area (Å²) in [5.41, 5.74) is -1.07. The molecule has 0 amide bonds. The molecule has 0 spiro atoms. The topological polar surface area (TPSA) is 49.3 Å². The minimum absolute atomic E-state index is 0.309. The number of halogens is 2. The lowest BCUT2D eigenvalue weighted by atomic mass is 10.1. The van der Waals surface area contributed by atoms with Crippen molar-refractivity contribution in [3.8, 4) is 0 Å². The van der Waals surface area contributed by atoms with Crippen molar-refractivity contribution in [1.29, 1.82) is 0 Å². The van der Waals surface area contributed by atoms with Crippen molar-refractivity contribution in [2.45, 2.75) is 24.8 Å². The fourth-order valence-corrected chi connectivity index (χ4v) is 1.50. The van der Waals surface area contributed by atoms with Crippen LogP contribution in [-0.4, -0.2) is 30.1 Å². The van der Waals surface area contributed by atoms with Crippen LogP contribution in [0.3, 0.4) is 0 Å². The molecule has 0 aliphatic heterocycles. The van der Waals surface area contributed by atoms with Gasteiger partial charge in [0, 0.05) is 6.42 Å². The molecule has 2 N–H and O–H groups in total. The second-order valence-corrected chi connectivity index (χ2v) is 3.05. The summed E-state index contributed by atoms with van der Waals surface area (Å²) in [6.45, 7) is 0. The van der Waals surface area contributed by atoms with Crippen LogP contribution in [0.5, 0.6) is 0 Å². The third-order valence-electron chi connectivity index (χ3n) is 2.40. The summed E-state index contributed by atoms with van der Waals surface area (Å²) in [5.74, 6) is -1.45. The van der Waals surface area contributed by atoms with Crippen molar-refractivity contribution in [2.24, 2.45) is 5.92 Å². The summed E-state index contributed by atoms with van der Waals surface area (Å²) < 4.78 is 23.7. The van der Waals surface area contributed by atoms with E-state index in [0.717, 1.165) is 0 Å². The predicted molar refractivity (Wildman–Crippen MR) is 38.2 cm³/mol. The van der Waals surface area contributed by atoms with E-state index in [0.29, 0.717) is 6.42 Å². The minimum Gasteiger partial charge on any atom is -0.480 e. The Balaban J connectivity index is 2.50. The smallest absolute Gasteiger partial charge is 0.324 e. The number of likely N-dealkylation sites (N-methyl/N-ethyl adjacent to an activating group) is 1. The number of carboxylic acid groups (broad SMARTS) is 1. The molecule has 0 aromatic heterocycles. The van der Waals surface area contributed by atoms with Crippen LogP contribution >= 0.6 is 0 Å². The van der Waals surface area contributed by atoms with Crippen molar-refractivity contribution in [1.82, 2.24) is 5.32 Å². The van der Waals surface area contributed by atoms with Crippen LogP contribution < -0.4 is 5.32 Å². The molecule has 0 aromatic carbocycles. The van der Waals surface area contributed by atoms with E-state index >= 15 is 0 Å². The highest BCUT2D eigenvalue weighted by atomic mass is 19.3. The van der Waals surface area contributed by atoms with Crippen LogP contribution in [-0.2, 0) is 4.79 Å². The molecule has 12 heavy (non-hydrogen) atoms. The second-order valence-electron chi connectivity index (χ2n) is 3.05. The molecule has 1 fully saturated rings. The fourth-order valence-electron chi connectivity index (χ4n) is 1.50. The second kappa shape index (κ2) is 2.97. The van der Waals surface area contributed by atoms with Crippen molar-refractivity contribution in [3.63, 3.8) is 0 Å². The average molecular weight is 179 g/mol. The first-order valence-electron chi connectivity index (χ1n) is 3.73. The first-order valence-corrected chi connectivity index (χ1v) is 3.73. The lowest BCUT2D eigenvalue weighted by Crippen LogP contribution is -2.38. The Bertz CT molecular complexity index is 198. The van der Waals surface area contributed by atoms with E-state index in [1.807, 2.05) is 0 Å². The van der Waals surface area contributed by atoms with Gasteiger partial charge in [-0.25, -0.2) is 8.78 Å². The van der Waals surface area contributed by atoms with Gasteiger partial charge >= 0.3 is 5.97 Å². The Labute approximate surface area is 68.8 Å². The highest BCUT2D eigenvalue weighted by Gasteiger charge is 2.60. The van der Waals surface area contributed by atoms with Gasteiger partial charge < -0.3 is 10.4 Å². The average Bonchev–Trinajstić information content (AvgIpc) is 2.62. The molecule has 2 atom stereocenters. The maximum absolute atomic E-state index is 11.8. The number of carbonyl (C=O) groups is 1. The van der Waals surface area contributed by atoms with E-state index < -0.39 is 23.9 Å². The maximum atomic E-state index is 11.8. The number of alkyl halides is 2. The Morgan fingerprint density at radius 1 is 1.83 bits per heavy atom. The van der Waals surface area contributed by atoms with Crippen LogP contribution in [0.1, 0.15) is 12.8 Å². The first kappa shape index (κ1) is 9.38. The molecular formula is C7H11F2NO2. The molecule has 5 heteroatoms. The quantitative estimate of drug-likeness (QED) is 0.668. The monoisotopic (exact) mass is 179 g/mol. The van der Waals surface area contributed by atoms with Gasteiger partial charge in [-0.05, 0) is 19.4 Å². The van der Waals surface area contributed by atoms with Crippen LogP contribution in [0, 0.1) is 5.92 Å².